The number of hydrogen-bond donors (Lipinski definition) is 1. The molecule has 0 spiro atoms. The zero-order valence-electron chi connectivity index (χ0n) is 15.3. The lowest BCUT2D eigenvalue weighted by Crippen LogP contribution is -2.34. The van der Waals surface area contributed by atoms with Crippen LogP contribution in [0.25, 0.3) is 0 Å². The summed E-state index contributed by atoms with van der Waals surface area (Å²) >= 11 is 1.53. The molecule has 1 atom stereocenters. The summed E-state index contributed by atoms with van der Waals surface area (Å²) in [5.74, 6) is 1.14. The van der Waals surface area contributed by atoms with E-state index in [1.807, 2.05) is 10.3 Å². The van der Waals surface area contributed by atoms with Crippen LogP contribution in [0, 0.1) is 5.41 Å². The highest BCUT2D eigenvalue weighted by Crippen LogP contribution is 2.32. The lowest BCUT2D eigenvalue weighted by atomic mass is 9.90. The van der Waals surface area contributed by atoms with Crippen molar-refractivity contribution < 1.29 is 14.3 Å². The maximum atomic E-state index is 12.8. The third kappa shape index (κ3) is 5.48. The van der Waals surface area contributed by atoms with Crippen LogP contribution < -0.4 is 15.2 Å². The summed E-state index contributed by atoms with van der Waals surface area (Å²) < 4.78 is 11.2. The molecule has 9 heteroatoms. The van der Waals surface area contributed by atoms with Crippen molar-refractivity contribution in [3.05, 3.63) is 40.3 Å². The number of benzene rings is 1. The Morgan fingerprint density at radius 3 is 2.74 bits per heavy atom. The molecule has 1 aliphatic heterocycles. The van der Waals surface area contributed by atoms with E-state index >= 15 is 0 Å². The number of carbonyl (C=O) groups excluding carboxylic acids is 1. The molecule has 0 aliphatic carbocycles. The number of likely N-dealkylation sites (tertiary alicyclic amines) is 1. The number of methoxy groups -OCH3 is 1. The minimum Gasteiger partial charge on any atom is -0.493 e. The second kappa shape index (κ2) is 10.1. The monoisotopic (exact) mass is 433 g/mol. The van der Waals surface area contributed by atoms with Gasteiger partial charge < -0.3 is 20.1 Å². The van der Waals surface area contributed by atoms with E-state index in [4.69, 9.17) is 15.2 Å². The van der Waals surface area contributed by atoms with Gasteiger partial charge in [-0.2, -0.15) is 0 Å². The number of nitrogens with zero attached hydrogens (tertiary/aromatic N) is 2. The third-order valence-corrected chi connectivity index (χ3v) is 5.24. The molecule has 1 amide bonds. The predicted molar refractivity (Wildman–Crippen MR) is 112 cm³/mol. The lowest BCUT2D eigenvalue weighted by molar-refractivity contribution is 0.0776. The second-order valence-electron chi connectivity index (χ2n) is 6.63. The number of carbonyl (C=O) groups is 1. The van der Waals surface area contributed by atoms with Gasteiger partial charge in [0.15, 0.2) is 11.5 Å². The van der Waals surface area contributed by atoms with E-state index in [1.54, 1.807) is 30.8 Å². The summed E-state index contributed by atoms with van der Waals surface area (Å²) in [6, 6.07) is 5.28. The number of thiazole rings is 1. The standard InChI is InChI=1S/C18H23N3O3S.2ClH/c1-18(10-19)5-6-21(11-18)17(22)13-3-4-15(16(7-13)23-2)24-8-14-9-25-12-20-14;;/h3-4,7,9,12H,5-6,8,10-11,19H2,1-2H3;2*1H. The number of nitrogens with two attached hydrogens (primary N) is 1. The maximum absolute atomic E-state index is 12.8. The molecule has 150 valence electrons. The average molecular weight is 434 g/mol. The van der Waals surface area contributed by atoms with Gasteiger partial charge >= 0.3 is 0 Å². The van der Waals surface area contributed by atoms with Crippen molar-refractivity contribution in [3.8, 4) is 11.5 Å². The van der Waals surface area contributed by atoms with Gasteiger partial charge in [-0.05, 0) is 36.6 Å². The second-order valence-corrected chi connectivity index (χ2v) is 7.34. The van der Waals surface area contributed by atoms with Gasteiger partial charge in [0.1, 0.15) is 6.61 Å². The summed E-state index contributed by atoms with van der Waals surface area (Å²) in [4.78, 5) is 18.8. The highest BCUT2D eigenvalue weighted by Gasteiger charge is 2.35. The number of hydrogen-bond acceptors (Lipinski definition) is 6. The van der Waals surface area contributed by atoms with Gasteiger partial charge in [-0.15, -0.1) is 36.2 Å². The van der Waals surface area contributed by atoms with Crippen molar-refractivity contribution in [2.45, 2.75) is 20.0 Å². The number of amides is 1. The van der Waals surface area contributed by atoms with E-state index in [0.717, 1.165) is 18.7 Å². The highest BCUT2D eigenvalue weighted by molar-refractivity contribution is 7.07. The fourth-order valence-electron chi connectivity index (χ4n) is 2.93. The van der Waals surface area contributed by atoms with Crippen LogP contribution in [0.1, 0.15) is 29.4 Å². The Morgan fingerprint density at radius 2 is 2.15 bits per heavy atom. The van der Waals surface area contributed by atoms with Crippen molar-refractivity contribution >= 4 is 42.1 Å². The van der Waals surface area contributed by atoms with Gasteiger partial charge in [0.25, 0.3) is 5.91 Å². The van der Waals surface area contributed by atoms with Crippen molar-refractivity contribution in [2.75, 3.05) is 26.7 Å². The van der Waals surface area contributed by atoms with E-state index < -0.39 is 0 Å². The normalized spacial score (nSPS) is 18.4. The SMILES string of the molecule is COc1cc(C(=O)N2CCC(C)(CN)C2)ccc1OCc1cscn1.Cl.Cl. The minimum atomic E-state index is 0. The van der Waals surface area contributed by atoms with E-state index in [0.29, 0.717) is 36.8 Å². The molecule has 6 nitrogen and oxygen atoms in total. The Bertz CT molecular complexity index is 745. The fraction of sp³-hybridized carbons (Fsp3) is 0.444. The summed E-state index contributed by atoms with van der Waals surface area (Å²) in [7, 11) is 1.57. The molecule has 2 N–H and O–H groups in total. The van der Waals surface area contributed by atoms with Gasteiger partial charge in [0.2, 0.25) is 0 Å². The summed E-state index contributed by atoms with van der Waals surface area (Å²) in [6.07, 6.45) is 0.932. The average Bonchev–Trinajstić information content (AvgIpc) is 3.29. The van der Waals surface area contributed by atoms with Crippen LogP contribution in [0.2, 0.25) is 0 Å². The Labute approximate surface area is 175 Å². The first-order valence-electron chi connectivity index (χ1n) is 8.22. The van der Waals surface area contributed by atoms with Crippen LogP contribution in [0.3, 0.4) is 0 Å². The summed E-state index contributed by atoms with van der Waals surface area (Å²) in [5, 5.41) is 1.94. The summed E-state index contributed by atoms with van der Waals surface area (Å²) in [6.45, 7) is 4.50. The number of aromatic nitrogens is 1. The van der Waals surface area contributed by atoms with Crippen LogP contribution in [0.5, 0.6) is 11.5 Å². The molecule has 1 unspecified atom stereocenters. The fourth-order valence-corrected chi connectivity index (χ4v) is 3.47. The van der Waals surface area contributed by atoms with Gasteiger partial charge in [-0.1, -0.05) is 6.92 Å². The predicted octanol–water partition coefficient (Wildman–Crippen LogP) is 3.39. The van der Waals surface area contributed by atoms with E-state index in [9.17, 15) is 4.79 Å². The van der Waals surface area contributed by atoms with Crippen LogP contribution in [0.4, 0.5) is 0 Å². The Hall–Kier alpha value is -1.54. The topological polar surface area (TPSA) is 77.7 Å². The Kier molecular flexibility index (Phi) is 8.81. The molecule has 2 heterocycles. The minimum absolute atomic E-state index is 0. The largest absolute Gasteiger partial charge is 0.493 e. The van der Waals surface area contributed by atoms with Crippen molar-refractivity contribution in [1.82, 2.24) is 9.88 Å². The molecule has 0 saturated carbocycles. The molecule has 1 saturated heterocycles. The van der Waals surface area contributed by atoms with Gasteiger partial charge in [0.05, 0.1) is 18.3 Å². The first-order valence-corrected chi connectivity index (χ1v) is 9.16. The molecule has 3 rings (SSSR count). The Balaban J connectivity index is 0.00000182. The highest BCUT2D eigenvalue weighted by atomic mass is 35.5. The smallest absolute Gasteiger partial charge is 0.254 e. The van der Waals surface area contributed by atoms with Crippen LogP contribution in [-0.2, 0) is 6.61 Å². The number of ether oxygens (including phenoxy) is 2. The van der Waals surface area contributed by atoms with Crippen molar-refractivity contribution in [3.63, 3.8) is 0 Å². The van der Waals surface area contributed by atoms with Gasteiger partial charge in [-0.25, -0.2) is 4.98 Å². The Morgan fingerprint density at radius 1 is 1.37 bits per heavy atom. The number of rotatable bonds is 6. The molecule has 0 bridgehead atoms. The quantitative estimate of drug-likeness (QED) is 0.754. The zero-order valence-corrected chi connectivity index (χ0v) is 17.8. The molecule has 27 heavy (non-hydrogen) atoms. The van der Waals surface area contributed by atoms with Crippen LogP contribution in [0.15, 0.2) is 29.1 Å². The molecule has 1 aliphatic rings. The van der Waals surface area contributed by atoms with Crippen molar-refractivity contribution in [2.24, 2.45) is 11.1 Å². The molecule has 1 aromatic carbocycles. The van der Waals surface area contributed by atoms with E-state index in [1.165, 1.54) is 11.3 Å². The van der Waals surface area contributed by atoms with Crippen molar-refractivity contribution in [1.29, 1.82) is 0 Å². The number of halogens is 2. The first-order chi connectivity index (χ1) is 12.0. The molecule has 1 aromatic heterocycles. The first kappa shape index (κ1) is 23.5. The van der Waals surface area contributed by atoms with Crippen LogP contribution >= 0.6 is 36.2 Å². The molecule has 2 aromatic rings. The third-order valence-electron chi connectivity index (χ3n) is 4.61. The van der Waals surface area contributed by atoms with E-state index in [-0.39, 0.29) is 36.1 Å². The molecule has 0 radical (unpaired) electrons. The maximum Gasteiger partial charge on any atom is 0.254 e. The van der Waals surface area contributed by atoms with Gasteiger partial charge in [0, 0.05) is 24.0 Å². The van der Waals surface area contributed by atoms with Crippen LogP contribution in [-0.4, -0.2) is 42.5 Å². The van der Waals surface area contributed by atoms with E-state index in [2.05, 4.69) is 11.9 Å². The molecular weight excluding hydrogens is 409 g/mol. The molecular formula is C18H25Cl2N3O3S. The zero-order chi connectivity index (χ0) is 17.9. The lowest BCUT2D eigenvalue weighted by Gasteiger charge is -2.22. The molecule has 1 fully saturated rings. The van der Waals surface area contributed by atoms with Gasteiger partial charge in [-0.3, -0.25) is 4.79 Å². The summed E-state index contributed by atoms with van der Waals surface area (Å²) in [5.41, 5.74) is 9.07.